The quantitative estimate of drug-likeness (QED) is 0.422. The number of likely N-dealkylation sites (N-methyl/N-ethyl adjacent to an activating group) is 1. The lowest BCUT2D eigenvalue weighted by molar-refractivity contribution is -0.136. The largest absolute Gasteiger partial charge is 0.394 e. The first-order valence-corrected chi connectivity index (χ1v) is 3.31. The molecule has 0 aliphatic rings. The third-order valence-corrected chi connectivity index (χ3v) is 0.547. The number of nitrogens with one attached hydrogen (secondary N) is 1. The molecule has 0 spiro atoms. The summed E-state index contributed by atoms with van der Waals surface area (Å²) in [5.41, 5.74) is 4.84. The number of hydrogen-bond donors (Lipinski definition) is 2. The fourth-order valence-electron chi connectivity index (χ4n) is 0.176. The number of ketones is 1. The number of Topliss-reactive ketones (excluding diaryl/α,β-unsaturated/α-hetero) is 1. The van der Waals surface area contributed by atoms with Gasteiger partial charge in [-0.1, -0.05) is 12.2 Å². The molecule has 0 bridgehead atoms. The fraction of sp³-hybridized carbons (Fsp3) is 0.500. The highest BCUT2D eigenvalue weighted by molar-refractivity contribution is 7.80. The number of carbonyl (C=O) groups excluding carboxylic acids is 2. The van der Waals surface area contributed by atoms with E-state index < -0.39 is 11.7 Å². The summed E-state index contributed by atoms with van der Waals surface area (Å²) in [6.07, 6.45) is 0. The predicted octanol–water partition coefficient (Wildman–Crippen LogP) is -0.386. The van der Waals surface area contributed by atoms with Crippen LogP contribution in [0.5, 0.6) is 0 Å². The summed E-state index contributed by atoms with van der Waals surface area (Å²) < 4.78 is 0. The molecule has 0 radical (unpaired) electrons. The van der Waals surface area contributed by atoms with Crippen LogP contribution in [0.15, 0.2) is 0 Å². The van der Waals surface area contributed by atoms with Gasteiger partial charge in [-0.2, -0.15) is 0 Å². The Morgan fingerprint density at radius 1 is 1.36 bits per heavy atom. The van der Waals surface area contributed by atoms with Gasteiger partial charge in [-0.3, -0.25) is 9.59 Å². The summed E-state index contributed by atoms with van der Waals surface area (Å²) in [5, 5.41) is 2.18. The normalized spacial score (nSPS) is 7.18. The van der Waals surface area contributed by atoms with Crippen LogP contribution in [0.2, 0.25) is 0 Å². The van der Waals surface area contributed by atoms with Crippen LogP contribution in [0.25, 0.3) is 0 Å². The lowest BCUT2D eigenvalue weighted by Crippen LogP contribution is -2.24. The van der Waals surface area contributed by atoms with Crippen molar-refractivity contribution in [3.63, 3.8) is 0 Å². The van der Waals surface area contributed by atoms with Crippen LogP contribution in [-0.4, -0.2) is 23.7 Å². The molecular weight excluding hydrogens is 164 g/mol. The van der Waals surface area contributed by atoms with E-state index in [2.05, 4.69) is 17.5 Å². The Labute approximate surface area is 71.1 Å². The molecule has 0 aliphatic heterocycles. The van der Waals surface area contributed by atoms with Gasteiger partial charge in [0.1, 0.15) is 0 Å². The Morgan fingerprint density at radius 3 is 1.64 bits per heavy atom. The molecule has 11 heavy (non-hydrogen) atoms. The van der Waals surface area contributed by atoms with Crippen LogP contribution in [0.3, 0.4) is 0 Å². The highest BCUT2D eigenvalue weighted by Gasteiger charge is 2.00. The summed E-state index contributed by atoms with van der Waals surface area (Å²) in [4.78, 5) is 20.5. The molecular formula is C6H12N2O2S. The summed E-state index contributed by atoms with van der Waals surface area (Å²) in [5.74, 6) is -0.998. The molecule has 0 aromatic heterocycles. The zero-order valence-electron chi connectivity index (χ0n) is 6.80. The van der Waals surface area contributed by atoms with E-state index in [1.807, 2.05) is 0 Å². The minimum absolute atomic E-state index is 0.456. The van der Waals surface area contributed by atoms with Gasteiger partial charge in [-0.05, 0) is 6.92 Å². The van der Waals surface area contributed by atoms with E-state index in [1.165, 1.54) is 14.0 Å². The van der Waals surface area contributed by atoms with Crippen molar-refractivity contribution in [1.82, 2.24) is 5.32 Å². The van der Waals surface area contributed by atoms with Gasteiger partial charge in [0, 0.05) is 14.0 Å². The van der Waals surface area contributed by atoms with Crippen molar-refractivity contribution < 1.29 is 9.59 Å². The first kappa shape index (κ1) is 12.7. The van der Waals surface area contributed by atoms with Crippen LogP contribution in [0, 0.1) is 0 Å². The highest BCUT2D eigenvalue weighted by Crippen LogP contribution is 1.63. The van der Waals surface area contributed by atoms with Crippen molar-refractivity contribution in [1.29, 1.82) is 0 Å². The second kappa shape index (κ2) is 7.14. The lowest BCUT2D eigenvalue weighted by atomic mass is 10.4. The smallest absolute Gasteiger partial charge is 0.286 e. The van der Waals surface area contributed by atoms with Crippen LogP contribution >= 0.6 is 12.2 Å². The van der Waals surface area contributed by atoms with Crippen molar-refractivity contribution in [3.05, 3.63) is 0 Å². The first-order valence-electron chi connectivity index (χ1n) is 2.90. The number of thiocarbonyl (C=S) groups is 1. The van der Waals surface area contributed by atoms with Gasteiger partial charge in [-0.25, -0.2) is 0 Å². The molecule has 0 aromatic carbocycles. The molecule has 0 heterocycles. The molecule has 0 aromatic rings. The molecule has 4 nitrogen and oxygen atoms in total. The maximum absolute atomic E-state index is 10.1. The monoisotopic (exact) mass is 176 g/mol. The Hall–Kier alpha value is -0.970. The standard InChI is InChI=1S/C4H7NO2.C2H5NS/c1-3(6)4(7)5-2;1-2(3)4/h1-2H3,(H,5,7);1H3,(H2,3,4). The number of amides is 1. The fourth-order valence-corrected chi connectivity index (χ4v) is 0.176. The molecule has 1 amide bonds. The minimum Gasteiger partial charge on any atom is -0.394 e. The number of carbonyl (C=O) groups is 2. The van der Waals surface area contributed by atoms with E-state index in [1.54, 1.807) is 6.92 Å². The van der Waals surface area contributed by atoms with Crippen LogP contribution in [-0.2, 0) is 9.59 Å². The molecule has 0 rings (SSSR count). The minimum atomic E-state index is -0.542. The lowest BCUT2D eigenvalue weighted by Gasteiger charge is -1.86. The summed E-state index contributed by atoms with van der Waals surface area (Å²) in [6, 6.07) is 0. The summed E-state index contributed by atoms with van der Waals surface area (Å²) in [6.45, 7) is 2.90. The van der Waals surface area contributed by atoms with Gasteiger partial charge >= 0.3 is 0 Å². The topological polar surface area (TPSA) is 72.2 Å². The van der Waals surface area contributed by atoms with Gasteiger partial charge in [0.15, 0.2) is 0 Å². The Morgan fingerprint density at radius 2 is 1.64 bits per heavy atom. The zero-order chi connectivity index (χ0) is 9.44. The Bertz CT molecular complexity index is 164. The van der Waals surface area contributed by atoms with Crippen LogP contribution < -0.4 is 11.1 Å². The Kier molecular flexibility index (Phi) is 8.23. The molecule has 0 atom stereocenters. The third-order valence-electron chi connectivity index (χ3n) is 0.547. The van der Waals surface area contributed by atoms with Crippen molar-refractivity contribution >= 4 is 28.9 Å². The van der Waals surface area contributed by atoms with Gasteiger partial charge in [0.05, 0.1) is 4.99 Å². The van der Waals surface area contributed by atoms with E-state index in [9.17, 15) is 9.59 Å². The average molecular weight is 176 g/mol. The molecule has 3 N–H and O–H groups in total. The molecule has 0 aliphatic carbocycles. The van der Waals surface area contributed by atoms with E-state index in [4.69, 9.17) is 5.73 Å². The molecule has 0 unspecified atom stereocenters. The Balaban J connectivity index is 0. The van der Waals surface area contributed by atoms with E-state index >= 15 is 0 Å². The number of rotatable bonds is 1. The van der Waals surface area contributed by atoms with Gasteiger partial charge in [0.25, 0.3) is 5.91 Å². The van der Waals surface area contributed by atoms with Crippen molar-refractivity contribution in [2.24, 2.45) is 5.73 Å². The van der Waals surface area contributed by atoms with E-state index in [0.29, 0.717) is 4.99 Å². The molecule has 0 saturated carbocycles. The predicted molar refractivity (Wildman–Crippen MR) is 47.2 cm³/mol. The zero-order valence-corrected chi connectivity index (χ0v) is 7.62. The van der Waals surface area contributed by atoms with Crippen LogP contribution in [0.4, 0.5) is 0 Å². The molecule has 64 valence electrons. The SMILES string of the molecule is CC(N)=S.CNC(=O)C(C)=O. The van der Waals surface area contributed by atoms with Gasteiger partial charge in [-0.15, -0.1) is 0 Å². The van der Waals surface area contributed by atoms with Gasteiger partial charge < -0.3 is 11.1 Å². The molecule has 0 fully saturated rings. The van der Waals surface area contributed by atoms with E-state index in [0.717, 1.165) is 0 Å². The highest BCUT2D eigenvalue weighted by atomic mass is 32.1. The van der Waals surface area contributed by atoms with Crippen molar-refractivity contribution in [3.8, 4) is 0 Å². The maximum atomic E-state index is 10.1. The van der Waals surface area contributed by atoms with E-state index in [-0.39, 0.29) is 0 Å². The van der Waals surface area contributed by atoms with Crippen molar-refractivity contribution in [2.45, 2.75) is 13.8 Å². The second-order valence-electron chi connectivity index (χ2n) is 1.75. The second-order valence-corrected chi connectivity index (χ2v) is 2.39. The number of hydrogen-bond acceptors (Lipinski definition) is 3. The maximum Gasteiger partial charge on any atom is 0.286 e. The van der Waals surface area contributed by atoms with Crippen LogP contribution in [0.1, 0.15) is 13.8 Å². The third kappa shape index (κ3) is 17.6. The van der Waals surface area contributed by atoms with Crippen molar-refractivity contribution in [2.75, 3.05) is 7.05 Å². The molecule has 0 saturated heterocycles. The first-order chi connectivity index (χ1) is 4.91. The summed E-state index contributed by atoms with van der Waals surface area (Å²) >= 11 is 4.31. The summed E-state index contributed by atoms with van der Waals surface area (Å²) in [7, 11) is 1.42. The average Bonchev–Trinajstić information content (AvgIpc) is 1.85. The number of nitrogens with two attached hydrogens (primary N) is 1. The van der Waals surface area contributed by atoms with Gasteiger partial charge in [0.2, 0.25) is 5.78 Å². The molecule has 5 heteroatoms.